The normalized spacial score (nSPS) is 16.9. The maximum absolute atomic E-state index is 12.5. The number of nitrogens with one attached hydrogen (secondary N) is 2. The molecule has 1 aromatic carbocycles. The molecule has 0 aliphatic carbocycles. The van der Waals surface area contributed by atoms with Crippen molar-refractivity contribution in [2.75, 3.05) is 13.1 Å². The van der Waals surface area contributed by atoms with Crippen LogP contribution in [0.4, 0.5) is 0 Å². The molecule has 1 aliphatic rings. The standard InChI is InChI=1S/C22H27N3O3S/c1-22(2,3)17-10-8-15(9-11-17)19(26)23-24-20(27)16-6-4-12-25(14-16)21(28)18-7-5-13-29-18/h5,7-11,13,16H,4,6,12,14H2,1-3H3,(H,23,26)(H,24,27). The molecule has 1 aliphatic heterocycles. The summed E-state index contributed by atoms with van der Waals surface area (Å²) < 4.78 is 0. The monoisotopic (exact) mass is 413 g/mol. The van der Waals surface area contributed by atoms with Gasteiger partial charge in [-0.1, -0.05) is 39.0 Å². The van der Waals surface area contributed by atoms with Crippen molar-refractivity contribution in [2.24, 2.45) is 5.92 Å². The van der Waals surface area contributed by atoms with Crippen molar-refractivity contribution in [1.82, 2.24) is 15.8 Å². The number of thiophene rings is 1. The van der Waals surface area contributed by atoms with E-state index in [2.05, 4.69) is 31.6 Å². The summed E-state index contributed by atoms with van der Waals surface area (Å²) in [6.45, 7) is 7.34. The second kappa shape index (κ2) is 8.78. The maximum Gasteiger partial charge on any atom is 0.269 e. The molecule has 1 saturated heterocycles. The van der Waals surface area contributed by atoms with E-state index in [4.69, 9.17) is 0 Å². The molecule has 154 valence electrons. The molecule has 0 bridgehead atoms. The van der Waals surface area contributed by atoms with Gasteiger partial charge in [0.2, 0.25) is 5.91 Å². The van der Waals surface area contributed by atoms with Crippen molar-refractivity contribution in [1.29, 1.82) is 0 Å². The van der Waals surface area contributed by atoms with Gasteiger partial charge in [-0.25, -0.2) is 0 Å². The summed E-state index contributed by atoms with van der Waals surface area (Å²) in [7, 11) is 0. The Hall–Kier alpha value is -2.67. The third-order valence-corrected chi connectivity index (χ3v) is 5.98. The number of amides is 3. The number of likely N-dealkylation sites (tertiary alicyclic amines) is 1. The third kappa shape index (κ3) is 5.23. The van der Waals surface area contributed by atoms with Crippen molar-refractivity contribution >= 4 is 29.1 Å². The van der Waals surface area contributed by atoms with Crippen LogP contribution in [0.15, 0.2) is 41.8 Å². The maximum atomic E-state index is 12.5. The van der Waals surface area contributed by atoms with Crippen LogP contribution in [0.2, 0.25) is 0 Å². The first-order chi connectivity index (χ1) is 13.8. The molecule has 1 fully saturated rings. The van der Waals surface area contributed by atoms with Crippen LogP contribution in [0.1, 0.15) is 59.2 Å². The van der Waals surface area contributed by atoms with Crippen LogP contribution in [-0.4, -0.2) is 35.7 Å². The number of nitrogens with zero attached hydrogens (tertiary/aromatic N) is 1. The number of rotatable bonds is 3. The van der Waals surface area contributed by atoms with Gasteiger partial charge in [0.05, 0.1) is 10.8 Å². The molecule has 2 heterocycles. The van der Waals surface area contributed by atoms with E-state index in [0.717, 1.165) is 12.0 Å². The largest absolute Gasteiger partial charge is 0.337 e. The van der Waals surface area contributed by atoms with Crippen molar-refractivity contribution in [3.8, 4) is 0 Å². The molecule has 29 heavy (non-hydrogen) atoms. The highest BCUT2D eigenvalue weighted by molar-refractivity contribution is 7.12. The van der Waals surface area contributed by atoms with Crippen LogP contribution in [-0.2, 0) is 10.2 Å². The Bertz CT molecular complexity index is 870. The van der Waals surface area contributed by atoms with Crippen molar-refractivity contribution < 1.29 is 14.4 Å². The van der Waals surface area contributed by atoms with Crippen LogP contribution in [0, 0.1) is 5.92 Å². The Morgan fingerprint density at radius 1 is 1.07 bits per heavy atom. The average molecular weight is 414 g/mol. The minimum absolute atomic E-state index is 0.0105. The zero-order valence-electron chi connectivity index (χ0n) is 17.0. The van der Waals surface area contributed by atoms with E-state index in [0.29, 0.717) is 30.0 Å². The van der Waals surface area contributed by atoms with Crippen LogP contribution >= 0.6 is 11.3 Å². The summed E-state index contributed by atoms with van der Waals surface area (Å²) in [6.07, 6.45) is 1.45. The van der Waals surface area contributed by atoms with Gasteiger partial charge in [-0.15, -0.1) is 11.3 Å². The lowest BCUT2D eigenvalue weighted by atomic mass is 9.87. The number of piperidine rings is 1. The van der Waals surface area contributed by atoms with E-state index < -0.39 is 0 Å². The van der Waals surface area contributed by atoms with E-state index in [1.54, 1.807) is 23.1 Å². The van der Waals surface area contributed by atoms with Gasteiger partial charge >= 0.3 is 0 Å². The molecule has 1 atom stereocenters. The first kappa shape index (κ1) is 21.0. The predicted octanol–water partition coefficient (Wildman–Crippen LogP) is 3.36. The Morgan fingerprint density at radius 2 is 1.79 bits per heavy atom. The summed E-state index contributed by atoms with van der Waals surface area (Å²) in [5.41, 5.74) is 6.63. The predicted molar refractivity (Wildman–Crippen MR) is 114 cm³/mol. The fraction of sp³-hybridized carbons (Fsp3) is 0.409. The quantitative estimate of drug-likeness (QED) is 0.758. The van der Waals surface area contributed by atoms with Crippen molar-refractivity contribution in [2.45, 2.75) is 39.0 Å². The fourth-order valence-electron chi connectivity index (χ4n) is 3.35. The molecule has 0 spiro atoms. The van der Waals surface area contributed by atoms with Gasteiger partial charge in [0, 0.05) is 18.7 Å². The van der Waals surface area contributed by atoms with Crippen molar-refractivity contribution in [3.05, 3.63) is 57.8 Å². The van der Waals surface area contributed by atoms with Gasteiger partial charge in [-0.3, -0.25) is 25.2 Å². The van der Waals surface area contributed by atoms with Crippen LogP contribution in [0.3, 0.4) is 0 Å². The summed E-state index contributed by atoms with van der Waals surface area (Å²) >= 11 is 1.40. The second-order valence-corrected chi connectivity index (χ2v) is 9.29. The van der Waals surface area contributed by atoms with E-state index in [1.165, 1.54) is 11.3 Å². The highest BCUT2D eigenvalue weighted by Crippen LogP contribution is 2.22. The van der Waals surface area contributed by atoms with E-state index in [1.807, 2.05) is 23.6 Å². The molecule has 1 unspecified atom stereocenters. The van der Waals surface area contributed by atoms with Crippen LogP contribution < -0.4 is 10.9 Å². The first-order valence-electron chi connectivity index (χ1n) is 9.79. The highest BCUT2D eigenvalue weighted by Gasteiger charge is 2.29. The van der Waals surface area contributed by atoms with Crippen LogP contribution in [0.5, 0.6) is 0 Å². The number of carbonyl (C=O) groups excluding carboxylic acids is 3. The van der Waals surface area contributed by atoms with E-state index in [-0.39, 0.29) is 29.1 Å². The van der Waals surface area contributed by atoms with Crippen molar-refractivity contribution in [3.63, 3.8) is 0 Å². The zero-order chi connectivity index (χ0) is 21.0. The smallest absolute Gasteiger partial charge is 0.269 e. The Morgan fingerprint density at radius 3 is 2.41 bits per heavy atom. The lowest BCUT2D eigenvalue weighted by Crippen LogP contribution is -2.50. The zero-order valence-corrected chi connectivity index (χ0v) is 17.8. The Balaban J connectivity index is 1.53. The molecule has 3 amide bonds. The number of carbonyl (C=O) groups is 3. The Labute approximate surface area is 175 Å². The molecule has 0 radical (unpaired) electrons. The summed E-state index contributed by atoms with van der Waals surface area (Å²) in [6, 6.07) is 11.0. The molecular weight excluding hydrogens is 386 g/mol. The van der Waals surface area contributed by atoms with Gasteiger partial charge in [0.15, 0.2) is 0 Å². The Kier molecular flexibility index (Phi) is 6.37. The van der Waals surface area contributed by atoms with E-state index in [9.17, 15) is 14.4 Å². The van der Waals surface area contributed by atoms with Gasteiger partial charge < -0.3 is 4.90 Å². The second-order valence-electron chi connectivity index (χ2n) is 8.34. The number of hydrogen-bond donors (Lipinski definition) is 2. The van der Waals surface area contributed by atoms with Gasteiger partial charge in [-0.05, 0) is 47.4 Å². The SMILES string of the molecule is CC(C)(C)c1ccc(C(=O)NNC(=O)C2CCCN(C(=O)c3cccs3)C2)cc1. The number of hydrogen-bond acceptors (Lipinski definition) is 4. The summed E-state index contributed by atoms with van der Waals surface area (Å²) in [5.74, 6) is -1.01. The van der Waals surface area contributed by atoms with Crippen LogP contribution in [0.25, 0.3) is 0 Å². The van der Waals surface area contributed by atoms with Gasteiger partial charge in [-0.2, -0.15) is 0 Å². The van der Waals surface area contributed by atoms with E-state index >= 15 is 0 Å². The minimum Gasteiger partial charge on any atom is -0.337 e. The molecule has 3 rings (SSSR count). The topological polar surface area (TPSA) is 78.5 Å². The molecule has 0 saturated carbocycles. The first-order valence-corrected chi connectivity index (χ1v) is 10.7. The molecule has 1 aromatic heterocycles. The molecule has 6 nitrogen and oxygen atoms in total. The lowest BCUT2D eigenvalue weighted by molar-refractivity contribution is -0.127. The molecule has 2 aromatic rings. The molecule has 2 N–H and O–H groups in total. The lowest BCUT2D eigenvalue weighted by Gasteiger charge is -2.31. The molecule has 7 heteroatoms. The van der Waals surface area contributed by atoms with Gasteiger partial charge in [0.25, 0.3) is 11.8 Å². The third-order valence-electron chi connectivity index (χ3n) is 5.12. The average Bonchev–Trinajstić information content (AvgIpc) is 3.25. The number of benzene rings is 1. The number of hydrazine groups is 1. The molecular formula is C22H27N3O3S. The van der Waals surface area contributed by atoms with Gasteiger partial charge in [0.1, 0.15) is 0 Å². The summed E-state index contributed by atoms with van der Waals surface area (Å²) in [4.78, 5) is 39.8. The minimum atomic E-state index is -0.360. The highest BCUT2D eigenvalue weighted by atomic mass is 32.1. The summed E-state index contributed by atoms with van der Waals surface area (Å²) in [5, 5.41) is 1.87. The fourth-order valence-corrected chi connectivity index (χ4v) is 4.04.